The molecule has 5 N–H and O–H groups in total. The van der Waals surface area contributed by atoms with E-state index in [1.807, 2.05) is 19.2 Å². The number of thiazole rings is 1. The number of hydrogen-bond acceptors (Lipinski definition) is 10. The third-order valence-electron chi connectivity index (χ3n) is 11.1. The molecular weight excluding hydrogens is 671 g/mol. The molecule has 1 saturated heterocycles. The van der Waals surface area contributed by atoms with Crippen molar-refractivity contribution in [2.45, 2.75) is 141 Å². The van der Waals surface area contributed by atoms with Crippen LogP contribution in [-0.2, 0) is 30.3 Å². The molecule has 3 amide bonds. The highest BCUT2D eigenvalue weighted by Crippen LogP contribution is 2.32. The largest absolute Gasteiger partial charge is 0.390 e. The van der Waals surface area contributed by atoms with Crippen LogP contribution in [0.4, 0.5) is 5.13 Å². The Kier molecular flexibility index (Phi) is 17.4. The van der Waals surface area contributed by atoms with E-state index >= 15 is 4.79 Å². The van der Waals surface area contributed by atoms with E-state index < -0.39 is 24.2 Å². The molecule has 0 aromatic carbocycles. The Morgan fingerprint density at radius 2 is 1.67 bits per heavy atom. The minimum atomic E-state index is -1.25. The Balaban J connectivity index is 1.62. The van der Waals surface area contributed by atoms with Crippen molar-refractivity contribution in [3.05, 3.63) is 11.1 Å². The van der Waals surface area contributed by atoms with Crippen LogP contribution in [-0.4, -0.2) is 107 Å². The zero-order chi connectivity index (χ0) is 36.8. The molecule has 3 fully saturated rings. The van der Waals surface area contributed by atoms with Gasteiger partial charge in [-0.3, -0.25) is 14.4 Å². The first-order valence-corrected chi connectivity index (χ1v) is 20.4. The highest BCUT2D eigenvalue weighted by molar-refractivity contribution is 7.13. The molecule has 1 aromatic heterocycles. The van der Waals surface area contributed by atoms with E-state index in [9.17, 15) is 19.8 Å². The Morgan fingerprint density at radius 1 is 1.02 bits per heavy atom. The Labute approximate surface area is 309 Å². The summed E-state index contributed by atoms with van der Waals surface area (Å²) in [6, 6.07) is -0.797. The van der Waals surface area contributed by atoms with Crippen LogP contribution in [0.3, 0.4) is 0 Å². The van der Waals surface area contributed by atoms with Crippen LogP contribution in [0.2, 0.25) is 0 Å². The Bertz CT molecular complexity index is 1200. The SMILES string of the molecule is COCOC1CCN(C(=O)CN(C(=O)[C@@H](CC(=O)NCC2CCCCC2)Cc2csc(N)n2)[C@@H](CC2CCCCC2)[C@@H](O)[C@@H](O)CC(C)C)CC1. The number of methoxy groups -OCH3 is 1. The third kappa shape index (κ3) is 13.6. The quantitative estimate of drug-likeness (QED) is 0.150. The number of amides is 3. The van der Waals surface area contributed by atoms with Crippen molar-refractivity contribution in [2.75, 3.05) is 45.8 Å². The van der Waals surface area contributed by atoms with Gasteiger partial charge in [0.05, 0.1) is 29.9 Å². The number of aliphatic hydroxyl groups is 2. The summed E-state index contributed by atoms with van der Waals surface area (Å²) in [5.74, 6) is -0.833. The first-order chi connectivity index (χ1) is 24.5. The molecule has 0 radical (unpaired) electrons. The van der Waals surface area contributed by atoms with Gasteiger partial charge in [-0.1, -0.05) is 65.2 Å². The molecule has 13 heteroatoms. The molecule has 290 valence electrons. The van der Waals surface area contributed by atoms with Crippen LogP contribution >= 0.6 is 11.3 Å². The zero-order valence-corrected chi connectivity index (χ0v) is 32.1. The first kappa shape index (κ1) is 41.4. The van der Waals surface area contributed by atoms with Crippen molar-refractivity contribution in [1.82, 2.24) is 20.1 Å². The van der Waals surface area contributed by atoms with Gasteiger partial charge in [0, 0.05) is 45.0 Å². The van der Waals surface area contributed by atoms with Gasteiger partial charge in [0.2, 0.25) is 17.7 Å². The molecule has 2 heterocycles. The van der Waals surface area contributed by atoms with Crippen molar-refractivity contribution in [3.63, 3.8) is 0 Å². The summed E-state index contributed by atoms with van der Waals surface area (Å²) in [5.41, 5.74) is 6.59. The second-order valence-electron chi connectivity index (χ2n) is 15.7. The number of rotatable bonds is 19. The molecule has 2 saturated carbocycles. The fourth-order valence-corrected chi connectivity index (χ4v) is 8.81. The predicted molar refractivity (Wildman–Crippen MR) is 199 cm³/mol. The lowest BCUT2D eigenvalue weighted by atomic mass is 9.81. The summed E-state index contributed by atoms with van der Waals surface area (Å²) in [7, 11) is 1.58. The number of nitrogens with two attached hydrogens (primary N) is 1. The number of aromatic nitrogens is 1. The van der Waals surface area contributed by atoms with Gasteiger partial charge >= 0.3 is 0 Å². The zero-order valence-electron chi connectivity index (χ0n) is 31.3. The fourth-order valence-electron chi connectivity index (χ4n) is 8.23. The van der Waals surface area contributed by atoms with Crippen molar-refractivity contribution < 1.29 is 34.1 Å². The number of nitrogens with one attached hydrogen (secondary N) is 1. The lowest BCUT2D eigenvalue weighted by Gasteiger charge is -2.41. The number of likely N-dealkylation sites (tertiary alicyclic amines) is 1. The summed E-state index contributed by atoms with van der Waals surface area (Å²) < 4.78 is 10.8. The van der Waals surface area contributed by atoms with Crippen LogP contribution in [0, 0.1) is 23.7 Å². The van der Waals surface area contributed by atoms with Gasteiger partial charge in [-0.15, -0.1) is 11.3 Å². The van der Waals surface area contributed by atoms with E-state index in [1.54, 1.807) is 12.0 Å². The number of piperidine rings is 1. The van der Waals surface area contributed by atoms with Gasteiger partial charge in [-0.05, 0) is 56.3 Å². The number of ether oxygens (including phenoxy) is 2. The number of anilines is 1. The summed E-state index contributed by atoms with van der Waals surface area (Å²) in [6.45, 7) is 5.46. The molecule has 3 aliphatic rings. The molecule has 12 nitrogen and oxygen atoms in total. The van der Waals surface area contributed by atoms with Crippen molar-refractivity contribution in [1.29, 1.82) is 0 Å². The van der Waals surface area contributed by atoms with Crippen LogP contribution in [0.1, 0.15) is 116 Å². The molecule has 0 unspecified atom stereocenters. The Morgan fingerprint density at radius 3 is 2.25 bits per heavy atom. The summed E-state index contributed by atoms with van der Waals surface area (Å²) >= 11 is 1.28. The molecule has 4 rings (SSSR count). The van der Waals surface area contributed by atoms with Crippen molar-refractivity contribution >= 4 is 34.2 Å². The maximum Gasteiger partial charge on any atom is 0.242 e. The average molecular weight is 736 g/mol. The Hall–Kier alpha value is -2.32. The second-order valence-corrected chi connectivity index (χ2v) is 16.6. The second kappa shape index (κ2) is 21.4. The minimum Gasteiger partial charge on any atom is -0.390 e. The molecule has 1 aliphatic heterocycles. The minimum absolute atomic E-state index is 0.0131. The number of carbonyl (C=O) groups excluding carboxylic acids is 3. The molecule has 1 aromatic rings. The van der Waals surface area contributed by atoms with E-state index in [-0.39, 0.29) is 61.8 Å². The van der Waals surface area contributed by atoms with Gasteiger partial charge < -0.3 is 40.5 Å². The van der Waals surface area contributed by atoms with Gasteiger partial charge in [-0.2, -0.15) is 0 Å². The number of nitrogens with zero attached hydrogens (tertiary/aromatic N) is 3. The van der Waals surface area contributed by atoms with E-state index in [4.69, 9.17) is 15.2 Å². The first-order valence-electron chi connectivity index (χ1n) is 19.6. The van der Waals surface area contributed by atoms with Crippen LogP contribution < -0.4 is 11.1 Å². The number of carbonyl (C=O) groups is 3. The van der Waals surface area contributed by atoms with E-state index in [0.717, 1.165) is 44.9 Å². The van der Waals surface area contributed by atoms with Crippen molar-refractivity contribution in [3.8, 4) is 0 Å². The highest BCUT2D eigenvalue weighted by atomic mass is 32.1. The van der Waals surface area contributed by atoms with E-state index in [1.165, 1.54) is 35.5 Å². The molecular formula is C38H65N5O7S. The smallest absolute Gasteiger partial charge is 0.242 e. The molecule has 51 heavy (non-hydrogen) atoms. The monoisotopic (exact) mass is 735 g/mol. The van der Waals surface area contributed by atoms with Gasteiger partial charge in [-0.25, -0.2) is 4.98 Å². The number of nitrogen functional groups attached to an aromatic ring is 1. The van der Waals surface area contributed by atoms with Crippen LogP contribution in [0.5, 0.6) is 0 Å². The van der Waals surface area contributed by atoms with Crippen LogP contribution in [0.25, 0.3) is 0 Å². The summed E-state index contributed by atoms with van der Waals surface area (Å²) in [4.78, 5) is 50.3. The third-order valence-corrected chi connectivity index (χ3v) is 11.8. The molecule has 0 bridgehead atoms. The summed E-state index contributed by atoms with van der Waals surface area (Å²) in [5, 5.41) is 28.5. The standard InChI is InChI=1S/C38H65N5O7S/c1-26(2)18-33(44)36(47)32(19-27-10-6-4-7-11-27)43(23-35(46)42-16-14-31(15-17-42)50-25-49-3)37(48)29(20-30-24-51-38(39)41-30)21-34(45)40-22-28-12-8-5-9-13-28/h24,26-29,31-33,36,44,47H,4-23,25H2,1-3H3,(H2,39,41)(H,40,45)/t29-,32+,33+,36-/m1/s1. The topological polar surface area (TPSA) is 168 Å². The van der Waals surface area contributed by atoms with Gasteiger partial charge in [0.15, 0.2) is 5.13 Å². The molecule has 4 atom stereocenters. The van der Waals surface area contributed by atoms with E-state index in [2.05, 4.69) is 10.3 Å². The molecule has 0 spiro atoms. The lowest BCUT2D eigenvalue weighted by molar-refractivity contribution is -0.153. The van der Waals surface area contributed by atoms with Gasteiger partial charge in [0.25, 0.3) is 0 Å². The number of hydrogen-bond donors (Lipinski definition) is 4. The van der Waals surface area contributed by atoms with Crippen LogP contribution in [0.15, 0.2) is 5.38 Å². The lowest BCUT2D eigenvalue weighted by Crippen LogP contribution is -2.57. The average Bonchev–Trinajstić information content (AvgIpc) is 3.55. The maximum absolute atomic E-state index is 15.0. The summed E-state index contributed by atoms with van der Waals surface area (Å²) in [6.07, 6.45) is 10.9. The maximum atomic E-state index is 15.0. The highest BCUT2D eigenvalue weighted by Gasteiger charge is 2.41. The predicted octanol–water partition coefficient (Wildman–Crippen LogP) is 4.52. The van der Waals surface area contributed by atoms with E-state index in [0.29, 0.717) is 62.1 Å². The number of aliphatic hydroxyl groups excluding tert-OH is 2. The normalized spacial score (nSPS) is 20.5. The van der Waals surface area contributed by atoms with Gasteiger partial charge in [0.1, 0.15) is 19.4 Å². The molecule has 2 aliphatic carbocycles. The van der Waals surface area contributed by atoms with Crippen molar-refractivity contribution in [2.24, 2.45) is 23.7 Å². The fraction of sp³-hybridized carbons (Fsp3) is 0.842.